The summed E-state index contributed by atoms with van der Waals surface area (Å²) in [6, 6.07) is 4.87. The third-order valence-electron chi connectivity index (χ3n) is 3.91. The van der Waals surface area contributed by atoms with Crippen LogP contribution in [-0.4, -0.2) is 33.3 Å². The lowest BCUT2D eigenvalue weighted by Crippen LogP contribution is -2.33. The number of nitrogens with one attached hydrogen (secondary N) is 1. The smallest absolute Gasteiger partial charge is 0.387 e. The highest BCUT2D eigenvalue weighted by Gasteiger charge is 2.31. The van der Waals surface area contributed by atoms with Crippen molar-refractivity contribution >= 4 is 0 Å². The topological polar surface area (TPSA) is 52.1 Å². The number of rotatable bonds is 3. The first kappa shape index (κ1) is 15.1. The normalized spacial score (nSPS) is 17.3. The summed E-state index contributed by atoms with van der Waals surface area (Å²) in [5, 5.41) is 17.1. The zero-order valence-electron chi connectivity index (χ0n) is 11.8. The lowest BCUT2D eigenvalue weighted by molar-refractivity contribution is -0.137. The minimum absolute atomic E-state index is 0.285. The maximum absolute atomic E-state index is 12.7. The maximum Gasteiger partial charge on any atom is 0.416 e. The molecule has 0 fully saturated rings. The van der Waals surface area contributed by atoms with Crippen LogP contribution < -0.4 is 0 Å². The van der Waals surface area contributed by atoms with Crippen molar-refractivity contribution in [1.29, 1.82) is 0 Å². The summed E-state index contributed by atoms with van der Waals surface area (Å²) in [5.74, 6) is 0. The Labute approximate surface area is 125 Å². The highest BCUT2D eigenvalue weighted by Crippen LogP contribution is 2.31. The molecule has 0 radical (unpaired) electrons. The van der Waals surface area contributed by atoms with Gasteiger partial charge in [-0.05, 0) is 17.7 Å². The van der Waals surface area contributed by atoms with E-state index in [9.17, 15) is 18.3 Å². The van der Waals surface area contributed by atoms with Gasteiger partial charge in [-0.25, -0.2) is 0 Å². The van der Waals surface area contributed by atoms with E-state index < -0.39 is 17.8 Å². The van der Waals surface area contributed by atoms with Gasteiger partial charge in [-0.15, -0.1) is 0 Å². The molecule has 1 unspecified atom stereocenters. The Morgan fingerprint density at radius 1 is 1.36 bits per heavy atom. The van der Waals surface area contributed by atoms with E-state index in [0.29, 0.717) is 13.1 Å². The third-order valence-corrected chi connectivity index (χ3v) is 3.91. The molecule has 3 rings (SSSR count). The molecule has 2 N–H and O–H groups in total. The number of hydrogen-bond donors (Lipinski definition) is 2. The first-order valence-corrected chi connectivity index (χ1v) is 7.02. The van der Waals surface area contributed by atoms with E-state index >= 15 is 0 Å². The number of hydrogen-bond acceptors (Lipinski definition) is 3. The number of benzene rings is 1. The number of fused-ring (bicyclic) bond motifs is 1. The fourth-order valence-corrected chi connectivity index (χ4v) is 2.71. The molecule has 22 heavy (non-hydrogen) atoms. The summed E-state index contributed by atoms with van der Waals surface area (Å²) < 4.78 is 38.2. The Morgan fingerprint density at radius 2 is 2.18 bits per heavy atom. The van der Waals surface area contributed by atoms with Gasteiger partial charge in [-0.3, -0.25) is 10.00 Å². The molecular formula is C15H16F3N3O. The van der Waals surface area contributed by atoms with Crippen LogP contribution in [0.4, 0.5) is 13.2 Å². The number of aliphatic hydroxyl groups is 1. The minimum Gasteiger partial charge on any atom is -0.387 e. The molecule has 1 aromatic carbocycles. The van der Waals surface area contributed by atoms with E-state index in [2.05, 4.69) is 10.2 Å². The zero-order valence-corrected chi connectivity index (χ0v) is 11.8. The van der Waals surface area contributed by atoms with E-state index in [4.69, 9.17) is 0 Å². The second-order valence-corrected chi connectivity index (χ2v) is 5.50. The summed E-state index contributed by atoms with van der Waals surface area (Å²) in [6.07, 6.45) is -2.80. The highest BCUT2D eigenvalue weighted by atomic mass is 19.4. The number of aromatic nitrogens is 2. The molecule has 0 saturated carbocycles. The lowest BCUT2D eigenvalue weighted by atomic mass is 10.0. The number of alkyl halides is 3. The van der Waals surface area contributed by atoms with Crippen LogP contribution in [0.3, 0.4) is 0 Å². The van der Waals surface area contributed by atoms with Gasteiger partial charge in [0.05, 0.1) is 17.9 Å². The molecule has 118 valence electrons. The van der Waals surface area contributed by atoms with Crippen molar-refractivity contribution in [3.05, 3.63) is 52.8 Å². The van der Waals surface area contributed by atoms with Gasteiger partial charge in [-0.2, -0.15) is 18.3 Å². The van der Waals surface area contributed by atoms with E-state index in [-0.39, 0.29) is 5.56 Å². The van der Waals surface area contributed by atoms with Crippen molar-refractivity contribution < 1.29 is 18.3 Å². The number of halogens is 3. The molecule has 2 heterocycles. The van der Waals surface area contributed by atoms with Crippen molar-refractivity contribution in [3.63, 3.8) is 0 Å². The molecule has 1 aromatic heterocycles. The molecule has 1 atom stereocenters. The van der Waals surface area contributed by atoms with Crippen molar-refractivity contribution in [2.24, 2.45) is 0 Å². The van der Waals surface area contributed by atoms with Crippen molar-refractivity contribution in [1.82, 2.24) is 15.1 Å². The monoisotopic (exact) mass is 311 g/mol. The molecule has 0 saturated heterocycles. The fraction of sp³-hybridized carbons (Fsp3) is 0.400. The highest BCUT2D eigenvalue weighted by molar-refractivity contribution is 5.27. The number of aliphatic hydroxyl groups excluding tert-OH is 1. The largest absolute Gasteiger partial charge is 0.416 e. The van der Waals surface area contributed by atoms with E-state index in [1.165, 1.54) is 12.1 Å². The number of H-pyrrole nitrogens is 1. The van der Waals surface area contributed by atoms with Crippen LogP contribution in [0.15, 0.2) is 30.5 Å². The molecule has 1 aliphatic heterocycles. The molecule has 1 aliphatic rings. The molecule has 7 heteroatoms. The molecule has 0 bridgehead atoms. The lowest BCUT2D eigenvalue weighted by Gasteiger charge is -2.28. The summed E-state index contributed by atoms with van der Waals surface area (Å²) in [7, 11) is 0. The van der Waals surface area contributed by atoms with Crippen LogP contribution in [0, 0.1) is 0 Å². The van der Waals surface area contributed by atoms with Crippen molar-refractivity contribution in [3.8, 4) is 0 Å². The molecule has 0 amide bonds. The predicted molar refractivity (Wildman–Crippen MR) is 74.0 cm³/mol. The van der Waals surface area contributed by atoms with Gasteiger partial charge < -0.3 is 5.11 Å². The number of β-amino-alcohol motifs (C(OH)–C–C–N with tert-alkyl or cyclic N) is 1. The maximum atomic E-state index is 12.7. The first-order valence-electron chi connectivity index (χ1n) is 7.02. The van der Waals surface area contributed by atoms with E-state index in [1.807, 2.05) is 4.90 Å². The Bertz CT molecular complexity index is 653. The first-order chi connectivity index (χ1) is 10.4. The second-order valence-electron chi connectivity index (χ2n) is 5.50. The Kier molecular flexibility index (Phi) is 3.92. The zero-order chi connectivity index (χ0) is 15.7. The fourth-order valence-electron chi connectivity index (χ4n) is 2.71. The standard InChI is InChI=1S/C15H16F3N3O/c16-15(17,18)12-3-1-2-10(6-12)14(22)9-21-5-4-13-11(8-21)7-19-20-13/h1-3,6-7,14,22H,4-5,8-9H2,(H,19,20). The van der Waals surface area contributed by atoms with E-state index in [1.54, 1.807) is 6.20 Å². The van der Waals surface area contributed by atoms with Gasteiger partial charge in [0.2, 0.25) is 0 Å². The van der Waals surface area contributed by atoms with Gasteiger partial charge in [0, 0.05) is 37.3 Å². The number of nitrogens with zero attached hydrogens (tertiary/aromatic N) is 2. The van der Waals surface area contributed by atoms with Crippen LogP contribution in [0.2, 0.25) is 0 Å². The van der Waals surface area contributed by atoms with Crippen LogP contribution in [0.1, 0.15) is 28.5 Å². The van der Waals surface area contributed by atoms with Gasteiger partial charge in [0.1, 0.15) is 0 Å². The van der Waals surface area contributed by atoms with Crippen LogP contribution in [-0.2, 0) is 19.1 Å². The molecular weight excluding hydrogens is 295 g/mol. The van der Waals surface area contributed by atoms with Crippen LogP contribution in [0.5, 0.6) is 0 Å². The van der Waals surface area contributed by atoms with Gasteiger partial charge in [0.15, 0.2) is 0 Å². The number of aromatic amines is 1. The van der Waals surface area contributed by atoms with Gasteiger partial charge in [-0.1, -0.05) is 12.1 Å². The minimum atomic E-state index is -4.40. The van der Waals surface area contributed by atoms with Crippen LogP contribution in [0.25, 0.3) is 0 Å². The molecule has 4 nitrogen and oxygen atoms in total. The van der Waals surface area contributed by atoms with Gasteiger partial charge >= 0.3 is 6.18 Å². The molecule has 2 aromatic rings. The summed E-state index contributed by atoms with van der Waals surface area (Å²) in [4.78, 5) is 2.02. The molecule has 0 aliphatic carbocycles. The second kappa shape index (κ2) is 5.73. The summed E-state index contributed by atoms with van der Waals surface area (Å²) >= 11 is 0. The Balaban J connectivity index is 1.69. The SMILES string of the molecule is OC(CN1CCc2[nH]ncc2C1)c1cccc(C(F)(F)F)c1. The van der Waals surface area contributed by atoms with Crippen molar-refractivity contribution in [2.45, 2.75) is 25.2 Å². The Hall–Kier alpha value is -1.86. The molecule has 0 spiro atoms. The third kappa shape index (κ3) is 3.15. The average molecular weight is 311 g/mol. The summed E-state index contributed by atoms with van der Waals surface area (Å²) in [6.45, 7) is 1.68. The predicted octanol–water partition coefficient (Wildman–Crippen LogP) is 2.52. The quantitative estimate of drug-likeness (QED) is 0.916. The average Bonchev–Trinajstić information content (AvgIpc) is 2.94. The Morgan fingerprint density at radius 3 is 2.95 bits per heavy atom. The summed E-state index contributed by atoms with van der Waals surface area (Å²) in [5.41, 5.74) is 1.71. The van der Waals surface area contributed by atoms with Crippen molar-refractivity contribution in [2.75, 3.05) is 13.1 Å². The van der Waals surface area contributed by atoms with Gasteiger partial charge in [0.25, 0.3) is 0 Å². The van der Waals surface area contributed by atoms with E-state index in [0.717, 1.165) is 36.4 Å². The van der Waals surface area contributed by atoms with Crippen LogP contribution >= 0.6 is 0 Å².